The Kier molecular flexibility index (Phi) is 4.52. The Balaban J connectivity index is 1.89. The predicted molar refractivity (Wildman–Crippen MR) is 73.3 cm³/mol. The van der Waals surface area contributed by atoms with E-state index in [-0.39, 0.29) is 24.4 Å². The van der Waals surface area contributed by atoms with E-state index < -0.39 is 18.1 Å². The number of carboxylic acids is 1. The molecule has 1 heterocycles. The molecule has 2 atom stereocenters. The normalized spacial score (nSPS) is 29.2. The molecule has 0 bridgehead atoms. The number of carboxylic acid groups (broad SMARTS) is 1. The van der Waals surface area contributed by atoms with Crippen LogP contribution in [0.15, 0.2) is 0 Å². The van der Waals surface area contributed by atoms with Crippen LogP contribution in [0.2, 0.25) is 0 Å². The number of urea groups is 1. The number of likely N-dealkylation sites (tertiary alicyclic amines) is 1. The highest BCUT2D eigenvalue weighted by Crippen LogP contribution is 2.35. The summed E-state index contributed by atoms with van der Waals surface area (Å²) in [6, 6.07) is -1.29. The molecule has 2 aliphatic rings. The maximum Gasteiger partial charge on any atom is 0.326 e. The number of carbonyl (C=O) groups excluding carboxylic acids is 1. The number of hydrogen-bond donors (Lipinski definition) is 3. The van der Waals surface area contributed by atoms with Crippen LogP contribution in [0.5, 0.6) is 0 Å². The van der Waals surface area contributed by atoms with E-state index in [1.54, 1.807) is 0 Å². The number of nitrogens with zero attached hydrogens (tertiary/aromatic N) is 1. The third-order valence-corrected chi connectivity index (χ3v) is 4.55. The molecule has 0 aromatic rings. The van der Waals surface area contributed by atoms with E-state index >= 15 is 0 Å². The lowest BCUT2D eigenvalue weighted by Gasteiger charge is -2.34. The molecule has 114 valence electrons. The number of aliphatic hydroxyl groups excluding tert-OH is 1. The zero-order valence-electron chi connectivity index (χ0n) is 12.0. The van der Waals surface area contributed by atoms with Gasteiger partial charge in [-0.05, 0) is 18.3 Å². The fourth-order valence-corrected chi connectivity index (χ4v) is 3.25. The van der Waals surface area contributed by atoms with Gasteiger partial charge in [-0.1, -0.05) is 26.2 Å². The number of aliphatic carboxylic acids is 1. The molecule has 0 unspecified atom stereocenters. The van der Waals surface area contributed by atoms with Gasteiger partial charge in [0.1, 0.15) is 6.04 Å². The molecule has 2 amide bonds. The summed E-state index contributed by atoms with van der Waals surface area (Å²) in [7, 11) is 0. The molecular formula is C14H24N2O4. The van der Waals surface area contributed by atoms with Crippen LogP contribution in [0.25, 0.3) is 0 Å². The molecule has 3 N–H and O–H groups in total. The quantitative estimate of drug-likeness (QED) is 0.726. The van der Waals surface area contributed by atoms with Gasteiger partial charge in [-0.25, -0.2) is 9.59 Å². The number of carbonyl (C=O) groups is 2. The van der Waals surface area contributed by atoms with Gasteiger partial charge >= 0.3 is 12.0 Å². The van der Waals surface area contributed by atoms with Gasteiger partial charge < -0.3 is 20.4 Å². The fourth-order valence-electron chi connectivity index (χ4n) is 3.25. The maximum absolute atomic E-state index is 12.1. The Morgan fingerprint density at radius 1 is 1.30 bits per heavy atom. The first-order chi connectivity index (χ1) is 9.41. The van der Waals surface area contributed by atoms with Crippen molar-refractivity contribution in [2.45, 2.75) is 57.6 Å². The molecule has 0 aromatic heterocycles. The number of hydrogen-bond acceptors (Lipinski definition) is 3. The first-order valence-corrected chi connectivity index (χ1v) is 7.37. The number of amides is 2. The van der Waals surface area contributed by atoms with E-state index in [2.05, 4.69) is 12.2 Å². The van der Waals surface area contributed by atoms with Crippen molar-refractivity contribution in [3.63, 3.8) is 0 Å². The molecule has 0 aromatic carbocycles. The van der Waals surface area contributed by atoms with E-state index in [9.17, 15) is 14.7 Å². The standard InChI is InChI=1S/C14H24N2O4/c1-14(5-3-2-4-6-14)9-15-13(20)16-8-10(17)7-11(16)12(18)19/h10-11,17H,2-9H2,1H3,(H,15,20)(H,18,19)/t10-,11-/m1/s1. The minimum atomic E-state index is -1.06. The third-order valence-electron chi connectivity index (χ3n) is 4.55. The summed E-state index contributed by atoms with van der Waals surface area (Å²) in [5, 5.41) is 21.5. The van der Waals surface area contributed by atoms with Gasteiger partial charge in [-0.3, -0.25) is 0 Å². The molecule has 1 aliphatic heterocycles. The highest BCUT2D eigenvalue weighted by Gasteiger charge is 2.39. The Labute approximate surface area is 119 Å². The lowest BCUT2D eigenvalue weighted by molar-refractivity contribution is -0.141. The van der Waals surface area contributed by atoms with E-state index in [0.29, 0.717) is 6.54 Å². The van der Waals surface area contributed by atoms with Crippen LogP contribution >= 0.6 is 0 Å². The summed E-state index contributed by atoms with van der Waals surface area (Å²) in [6.07, 6.45) is 5.19. The molecule has 1 saturated heterocycles. The summed E-state index contributed by atoms with van der Waals surface area (Å²) < 4.78 is 0. The molecule has 6 heteroatoms. The number of rotatable bonds is 3. The van der Waals surface area contributed by atoms with Crippen LogP contribution in [0.3, 0.4) is 0 Å². The van der Waals surface area contributed by atoms with E-state index in [1.807, 2.05) is 0 Å². The average Bonchev–Trinajstić information content (AvgIpc) is 2.79. The van der Waals surface area contributed by atoms with Gasteiger partial charge in [0.2, 0.25) is 0 Å². The zero-order valence-corrected chi connectivity index (χ0v) is 12.0. The molecule has 20 heavy (non-hydrogen) atoms. The smallest absolute Gasteiger partial charge is 0.326 e. The molecule has 6 nitrogen and oxygen atoms in total. The summed E-state index contributed by atoms with van der Waals surface area (Å²) in [6.45, 7) is 2.84. The minimum absolute atomic E-state index is 0.0967. The largest absolute Gasteiger partial charge is 0.480 e. The van der Waals surface area contributed by atoms with Gasteiger partial charge in [-0.2, -0.15) is 0 Å². The van der Waals surface area contributed by atoms with E-state index in [0.717, 1.165) is 12.8 Å². The predicted octanol–water partition coefficient (Wildman–Crippen LogP) is 1.19. The molecule has 2 fully saturated rings. The van der Waals surface area contributed by atoms with Crippen molar-refractivity contribution >= 4 is 12.0 Å². The summed E-state index contributed by atoms with van der Waals surface area (Å²) in [4.78, 5) is 24.5. The second-order valence-electron chi connectivity index (χ2n) is 6.43. The molecule has 2 rings (SSSR count). The van der Waals surface area contributed by atoms with Crippen LogP contribution in [0.4, 0.5) is 4.79 Å². The summed E-state index contributed by atoms with van der Waals surface area (Å²) in [5.41, 5.74) is 0.116. The number of β-amino-alcohol motifs (C(OH)–C–C–N with tert-alkyl or cyclic N) is 1. The van der Waals surface area contributed by atoms with Gasteiger partial charge in [0.25, 0.3) is 0 Å². The van der Waals surface area contributed by atoms with Gasteiger partial charge in [0.05, 0.1) is 6.10 Å². The van der Waals surface area contributed by atoms with Crippen molar-refractivity contribution in [3.8, 4) is 0 Å². The van der Waals surface area contributed by atoms with Crippen molar-refractivity contribution in [2.75, 3.05) is 13.1 Å². The van der Waals surface area contributed by atoms with Gasteiger partial charge in [0, 0.05) is 19.5 Å². The Morgan fingerprint density at radius 3 is 2.55 bits per heavy atom. The Hall–Kier alpha value is -1.30. The average molecular weight is 284 g/mol. The SMILES string of the molecule is CC1(CNC(=O)N2C[C@H](O)C[C@@H]2C(=O)O)CCCCC1. The van der Waals surface area contributed by atoms with Crippen LogP contribution in [-0.2, 0) is 4.79 Å². The summed E-state index contributed by atoms with van der Waals surface area (Å²) in [5.74, 6) is -1.06. The van der Waals surface area contributed by atoms with Crippen molar-refractivity contribution < 1.29 is 19.8 Å². The second-order valence-corrected chi connectivity index (χ2v) is 6.43. The lowest BCUT2D eigenvalue weighted by atomic mass is 9.76. The van der Waals surface area contributed by atoms with Crippen molar-refractivity contribution in [2.24, 2.45) is 5.41 Å². The molecular weight excluding hydrogens is 260 g/mol. The molecule has 0 spiro atoms. The Morgan fingerprint density at radius 2 is 1.95 bits per heavy atom. The monoisotopic (exact) mass is 284 g/mol. The first kappa shape index (κ1) is 15.1. The van der Waals surface area contributed by atoms with Crippen LogP contribution < -0.4 is 5.32 Å². The lowest BCUT2D eigenvalue weighted by Crippen LogP contribution is -2.48. The van der Waals surface area contributed by atoms with Crippen LogP contribution in [-0.4, -0.2) is 52.3 Å². The van der Waals surface area contributed by atoms with Crippen molar-refractivity contribution in [1.82, 2.24) is 10.2 Å². The molecule has 1 aliphatic carbocycles. The minimum Gasteiger partial charge on any atom is -0.480 e. The topological polar surface area (TPSA) is 89.9 Å². The fraction of sp³-hybridized carbons (Fsp3) is 0.857. The van der Waals surface area contributed by atoms with Crippen molar-refractivity contribution in [3.05, 3.63) is 0 Å². The van der Waals surface area contributed by atoms with E-state index in [4.69, 9.17) is 5.11 Å². The highest BCUT2D eigenvalue weighted by molar-refractivity contribution is 5.83. The summed E-state index contributed by atoms with van der Waals surface area (Å²) >= 11 is 0. The van der Waals surface area contributed by atoms with Gasteiger partial charge in [-0.15, -0.1) is 0 Å². The third kappa shape index (κ3) is 3.42. The van der Waals surface area contributed by atoms with Crippen LogP contribution in [0, 0.1) is 5.41 Å². The molecule has 0 radical (unpaired) electrons. The second kappa shape index (κ2) is 5.99. The maximum atomic E-state index is 12.1. The van der Waals surface area contributed by atoms with Gasteiger partial charge in [0.15, 0.2) is 0 Å². The van der Waals surface area contributed by atoms with Crippen molar-refractivity contribution in [1.29, 1.82) is 0 Å². The highest BCUT2D eigenvalue weighted by atomic mass is 16.4. The Bertz CT molecular complexity index is 379. The number of aliphatic hydroxyl groups is 1. The number of nitrogens with one attached hydrogen (secondary N) is 1. The first-order valence-electron chi connectivity index (χ1n) is 7.37. The van der Waals surface area contributed by atoms with E-state index in [1.165, 1.54) is 24.2 Å². The van der Waals surface area contributed by atoms with Crippen LogP contribution in [0.1, 0.15) is 45.4 Å². The zero-order chi connectivity index (χ0) is 14.8. The molecule has 1 saturated carbocycles.